The maximum Gasteiger partial charge on any atom is 0.184 e. The lowest BCUT2D eigenvalue weighted by atomic mass is 10.2. The zero-order chi connectivity index (χ0) is 21.8. The van der Waals surface area contributed by atoms with Gasteiger partial charge < -0.3 is 15.2 Å². The Labute approximate surface area is 184 Å². The quantitative estimate of drug-likeness (QED) is 0.195. The van der Waals surface area contributed by atoms with Gasteiger partial charge in [-0.25, -0.2) is 17.6 Å². The molecule has 1 saturated carbocycles. The molecule has 0 radical (unpaired) electrons. The van der Waals surface area contributed by atoms with E-state index in [0.29, 0.717) is 3.57 Å². The first kappa shape index (κ1) is 21.9. The van der Waals surface area contributed by atoms with Gasteiger partial charge in [-0.1, -0.05) is 0 Å². The highest BCUT2D eigenvalue weighted by atomic mass is 127. The largest absolute Gasteiger partial charge is 0.394 e. The van der Waals surface area contributed by atoms with Gasteiger partial charge in [0.25, 0.3) is 0 Å². The predicted molar refractivity (Wildman–Crippen MR) is 113 cm³/mol. The van der Waals surface area contributed by atoms with Crippen molar-refractivity contribution in [2.24, 2.45) is 0 Å². The molecule has 0 aromatic heterocycles. The van der Waals surface area contributed by atoms with E-state index < -0.39 is 62.4 Å². The Bertz CT molecular complexity index is 1010. The number of hydrogen-bond acceptors (Lipinski definition) is 6. The first-order valence-corrected chi connectivity index (χ1v) is 11.4. The molecule has 4 rings (SSSR count). The summed E-state index contributed by atoms with van der Waals surface area (Å²) in [7, 11) is -3.82. The van der Waals surface area contributed by atoms with E-state index in [1.165, 1.54) is 12.1 Å². The number of fused-ring (bicyclic) bond motifs is 1. The molecule has 0 amide bonds. The fraction of sp³-hybridized carbons (Fsp3) is 0.333. The standard InChI is InChI=1S/C18H17F4IN2O4S/c19-10-3-8(23)1-2-13(10)24-17-15(22)11(20)4-12(21)16(17)25-30(27,28)18-5-9(7-26)29-14(18)6-18/h1-4,9,14,24-28H,5-7H2/t9?,14-,18?/m0/s1. The van der Waals surface area contributed by atoms with Crippen LogP contribution in [0.25, 0.3) is 0 Å². The molecule has 2 aliphatic rings. The third-order valence-electron chi connectivity index (χ3n) is 5.26. The molecule has 1 heterocycles. The van der Waals surface area contributed by atoms with Crippen molar-refractivity contribution >= 4 is 50.4 Å². The second-order valence-electron chi connectivity index (χ2n) is 7.21. The van der Waals surface area contributed by atoms with Crippen molar-refractivity contribution in [2.75, 3.05) is 16.6 Å². The number of nitrogens with one attached hydrogen (secondary N) is 2. The van der Waals surface area contributed by atoms with E-state index in [1.54, 1.807) is 0 Å². The molecular weight excluding hydrogens is 543 g/mol. The first-order chi connectivity index (χ1) is 14.1. The number of ether oxygens (including phenoxy) is 1. The van der Waals surface area contributed by atoms with Crippen LogP contribution in [0.15, 0.2) is 24.3 Å². The number of anilines is 3. The number of aliphatic hydroxyl groups is 1. The third kappa shape index (κ3) is 3.62. The predicted octanol–water partition coefficient (Wildman–Crippen LogP) is 4.96. The van der Waals surface area contributed by atoms with E-state index in [-0.39, 0.29) is 31.2 Å². The van der Waals surface area contributed by atoms with Gasteiger partial charge in [-0.2, -0.15) is 0 Å². The molecule has 12 heteroatoms. The van der Waals surface area contributed by atoms with Crippen LogP contribution in [0.5, 0.6) is 0 Å². The maximum absolute atomic E-state index is 14.6. The molecule has 0 bridgehead atoms. The highest BCUT2D eigenvalue weighted by molar-refractivity contribution is 14.1. The molecule has 2 aromatic rings. The van der Waals surface area contributed by atoms with E-state index in [4.69, 9.17) is 4.74 Å². The Hall–Kier alpha value is -1.32. The van der Waals surface area contributed by atoms with Gasteiger partial charge in [-0.3, -0.25) is 13.8 Å². The molecule has 3 atom stereocenters. The molecule has 5 N–H and O–H groups in total. The van der Waals surface area contributed by atoms with Crippen molar-refractivity contribution in [1.29, 1.82) is 0 Å². The molecule has 1 saturated heterocycles. The summed E-state index contributed by atoms with van der Waals surface area (Å²) >= 11 is 1.86. The molecule has 30 heavy (non-hydrogen) atoms. The molecule has 6 nitrogen and oxygen atoms in total. The van der Waals surface area contributed by atoms with Gasteiger partial charge in [0.2, 0.25) is 0 Å². The number of hydrogen-bond donors (Lipinski definition) is 5. The highest BCUT2D eigenvalue weighted by Crippen LogP contribution is 2.71. The fourth-order valence-electron chi connectivity index (χ4n) is 3.61. The summed E-state index contributed by atoms with van der Waals surface area (Å²) in [5.41, 5.74) is -1.82. The average Bonchev–Trinajstić information content (AvgIpc) is 3.26. The van der Waals surface area contributed by atoms with Crippen LogP contribution < -0.4 is 10.0 Å². The van der Waals surface area contributed by atoms with Crippen LogP contribution in [-0.4, -0.2) is 37.8 Å². The Morgan fingerprint density at radius 1 is 1.07 bits per heavy atom. The summed E-state index contributed by atoms with van der Waals surface area (Å²) in [5.74, 6) is -5.14. The molecule has 2 aromatic carbocycles. The van der Waals surface area contributed by atoms with E-state index in [9.17, 15) is 31.8 Å². The van der Waals surface area contributed by atoms with Crippen molar-refractivity contribution in [3.63, 3.8) is 0 Å². The molecule has 1 aliphatic heterocycles. The minimum atomic E-state index is -3.82. The number of benzene rings is 2. The van der Waals surface area contributed by atoms with Gasteiger partial charge in [0.05, 0.1) is 24.5 Å². The summed E-state index contributed by atoms with van der Waals surface area (Å²) < 4.78 is 85.7. The average molecular weight is 560 g/mol. The summed E-state index contributed by atoms with van der Waals surface area (Å²) in [5, 5.41) is 11.5. The second kappa shape index (κ2) is 7.67. The summed E-state index contributed by atoms with van der Waals surface area (Å²) in [6.07, 6.45) is -0.822. The fourth-order valence-corrected chi connectivity index (χ4v) is 5.98. The third-order valence-corrected chi connectivity index (χ3v) is 8.15. The lowest BCUT2D eigenvalue weighted by Gasteiger charge is -2.41. The summed E-state index contributed by atoms with van der Waals surface area (Å²) in [4.78, 5) is 0. The monoisotopic (exact) mass is 560 g/mol. The SMILES string of the molecule is OCC1CC2(S(O)(O)Nc3c(F)cc(F)c(F)c3Nc3ccc(I)cc3F)C[C@@H]2O1. The van der Waals surface area contributed by atoms with Crippen LogP contribution >= 0.6 is 33.4 Å². The van der Waals surface area contributed by atoms with E-state index >= 15 is 0 Å². The number of rotatable bonds is 6. The molecule has 2 unspecified atom stereocenters. The van der Waals surface area contributed by atoms with Crippen LogP contribution in [0, 0.1) is 26.8 Å². The van der Waals surface area contributed by atoms with Crippen molar-refractivity contribution in [3.05, 3.63) is 51.1 Å². The second-order valence-corrected chi connectivity index (χ2v) is 10.6. The van der Waals surface area contributed by atoms with Crippen LogP contribution in [0.1, 0.15) is 12.8 Å². The van der Waals surface area contributed by atoms with Crippen molar-refractivity contribution in [1.82, 2.24) is 0 Å². The van der Waals surface area contributed by atoms with E-state index in [2.05, 4.69) is 10.0 Å². The molecule has 2 fully saturated rings. The Balaban J connectivity index is 1.70. The van der Waals surface area contributed by atoms with Gasteiger partial charge in [0.1, 0.15) is 21.9 Å². The van der Waals surface area contributed by atoms with Crippen LogP contribution in [0.4, 0.5) is 34.6 Å². The molecule has 164 valence electrons. The van der Waals surface area contributed by atoms with Crippen molar-refractivity contribution in [3.8, 4) is 0 Å². The molecule has 0 spiro atoms. The van der Waals surface area contributed by atoms with Crippen molar-refractivity contribution < 1.29 is 36.5 Å². The van der Waals surface area contributed by atoms with E-state index in [1.807, 2.05) is 22.6 Å². The van der Waals surface area contributed by atoms with E-state index in [0.717, 1.165) is 6.07 Å². The van der Waals surface area contributed by atoms with Gasteiger partial charge in [-0.15, -0.1) is 10.8 Å². The Kier molecular flexibility index (Phi) is 5.60. The normalized spacial score (nSPS) is 25.7. The molecule has 1 aliphatic carbocycles. The minimum Gasteiger partial charge on any atom is -0.394 e. The summed E-state index contributed by atoms with van der Waals surface area (Å²) in [6.45, 7) is -0.327. The van der Waals surface area contributed by atoms with Gasteiger partial charge >= 0.3 is 0 Å². The Morgan fingerprint density at radius 3 is 2.43 bits per heavy atom. The zero-order valence-corrected chi connectivity index (χ0v) is 18.1. The summed E-state index contributed by atoms with van der Waals surface area (Å²) in [6, 6.07) is 4.15. The van der Waals surface area contributed by atoms with Gasteiger partial charge in [0, 0.05) is 22.5 Å². The lowest BCUT2D eigenvalue weighted by Crippen LogP contribution is -2.29. The maximum atomic E-state index is 14.6. The smallest absolute Gasteiger partial charge is 0.184 e. The topological polar surface area (TPSA) is 94.0 Å². The molecular formula is C18H17F4IN2O4S. The number of halogens is 5. The van der Waals surface area contributed by atoms with Gasteiger partial charge in [-0.05, 0) is 40.8 Å². The van der Waals surface area contributed by atoms with Crippen LogP contribution in [-0.2, 0) is 4.74 Å². The Morgan fingerprint density at radius 2 is 1.80 bits per heavy atom. The highest BCUT2D eigenvalue weighted by Gasteiger charge is 2.70. The lowest BCUT2D eigenvalue weighted by molar-refractivity contribution is 0.0305. The van der Waals surface area contributed by atoms with Crippen LogP contribution in [0.2, 0.25) is 0 Å². The van der Waals surface area contributed by atoms with Gasteiger partial charge in [0.15, 0.2) is 17.5 Å². The zero-order valence-electron chi connectivity index (χ0n) is 15.1. The number of aliphatic hydroxyl groups excluding tert-OH is 1. The van der Waals surface area contributed by atoms with Crippen molar-refractivity contribution in [2.45, 2.75) is 29.8 Å². The minimum absolute atomic E-state index is 0.101. The van der Waals surface area contributed by atoms with Crippen LogP contribution in [0.3, 0.4) is 0 Å². The first-order valence-electron chi connectivity index (χ1n) is 8.79.